The van der Waals surface area contributed by atoms with Crippen LogP contribution in [-0.4, -0.2) is 21.2 Å². The van der Waals surface area contributed by atoms with Gasteiger partial charge in [0.1, 0.15) is 0 Å². The molecule has 2 N–H and O–H groups in total. The quantitative estimate of drug-likeness (QED) is 0.570. The first-order chi connectivity index (χ1) is 6.66. The fourth-order valence-electron chi connectivity index (χ4n) is 1.75. The smallest absolute Gasteiger partial charge is 0.0806 e. The molecule has 0 saturated carbocycles. The third kappa shape index (κ3) is 1.73. The Bertz CT molecular complexity index is 381. The first kappa shape index (κ1) is 9.48. The molecule has 1 aliphatic heterocycles. The molecule has 2 rings (SSSR count). The molecule has 5 heteroatoms. The maximum atomic E-state index is 10.6. The van der Waals surface area contributed by atoms with Crippen LogP contribution in [0.1, 0.15) is 5.56 Å². The van der Waals surface area contributed by atoms with Gasteiger partial charge in [0.15, 0.2) is 0 Å². The molecule has 0 radical (unpaired) electrons. The van der Waals surface area contributed by atoms with Crippen LogP contribution in [0.15, 0.2) is 18.2 Å². The number of anilines is 2. The van der Waals surface area contributed by atoms with Crippen molar-refractivity contribution in [3.8, 4) is 0 Å². The van der Waals surface area contributed by atoms with Gasteiger partial charge in [-0.2, -0.15) is 0 Å². The Hall–Kier alpha value is -1.07. The zero-order valence-corrected chi connectivity index (χ0v) is 8.42. The van der Waals surface area contributed by atoms with Gasteiger partial charge in [-0.05, 0) is 41.3 Å². The Balaban J connectivity index is 2.26. The number of nitrogen functional groups attached to an aromatic ring is 1. The van der Waals surface area contributed by atoms with Gasteiger partial charge in [-0.25, -0.2) is 0 Å². The molecule has 1 aromatic carbocycles. The molecule has 4 nitrogen and oxygen atoms in total. The second-order valence-corrected chi connectivity index (χ2v) is 4.20. The Morgan fingerprint density at radius 1 is 1.57 bits per heavy atom. The monoisotopic (exact) mass is 211 g/mol. The Labute approximate surface area is 85.0 Å². The van der Waals surface area contributed by atoms with E-state index in [0.29, 0.717) is 0 Å². The Morgan fingerprint density at radius 3 is 3.07 bits per heavy atom. The largest absolute Gasteiger partial charge is 0.771 e. The van der Waals surface area contributed by atoms with E-state index in [0.717, 1.165) is 29.9 Å². The molecular formula is C9H11N2O2S-. The topological polar surface area (TPSA) is 69.4 Å². The molecule has 1 atom stereocenters. The van der Waals surface area contributed by atoms with Crippen molar-refractivity contribution in [2.45, 2.75) is 6.42 Å². The van der Waals surface area contributed by atoms with Gasteiger partial charge in [-0.1, -0.05) is 0 Å². The molecule has 0 saturated heterocycles. The van der Waals surface area contributed by atoms with Crippen LogP contribution < -0.4 is 10.6 Å². The number of rotatable bonds is 2. The maximum Gasteiger partial charge on any atom is 0.0806 e. The predicted octanol–water partition coefficient (Wildman–Crippen LogP) is 0.468. The lowest BCUT2D eigenvalue weighted by Gasteiger charge is -2.20. The second kappa shape index (κ2) is 3.59. The van der Waals surface area contributed by atoms with E-state index in [1.54, 1.807) is 6.07 Å². The van der Waals surface area contributed by atoms with Crippen LogP contribution in [0.2, 0.25) is 0 Å². The summed E-state index contributed by atoms with van der Waals surface area (Å²) in [6, 6.07) is 5.58. The summed E-state index contributed by atoms with van der Waals surface area (Å²) < 4.78 is 21.1. The summed E-state index contributed by atoms with van der Waals surface area (Å²) in [5.41, 5.74) is 8.49. The van der Waals surface area contributed by atoms with Crippen LogP contribution in [0, 0.1) is 0 Å². The van der Waals surface area contributed by atoms with E-state index in [2.05, 4.69) is 0 Å². The third-order valence-corrected chi connectivity index (χ3v) is 2.88. The number of fused-ring (bicyclic) bond motifs is 1. The minimum atomic E-state index is -2.02. The van der Waals surface area contributed by atoms with Crippen LogP contribution in [0.5, 0.6) is 0 Å². The number of hydrogen-bond donors (Lipinski definition) is 1. The van der Waals surface area contributed by atoms with Gasteiger partial charge in [0, 0.05) is 17.9 Å². The second-order valence-electron chi connectivity index (χ2n) is 3.33. The predicted molar refractivity (Wildman–Crippen MR) is 55.7 cm³/mol. The highest BCUT2D eigenvalue weighted by Gasteiger charge is 2.18. The van der Waals surface area contributed by atoms with Crippen LogP contribution in [0.3, 0.4) is 0 Å². The van der Waals surface area contributed by atoms with Crippen LogP contribution in [-0.2, 0) is 17.5 Å². The third-order valence-electron chi connectivity index (χ3n) is 2.36. The van der Waals surface area contributed by atoms with Crippen molar-refractivity contribution in [3.63, 3.8) is 0 Å². The first-order valence-electron chi connectivity index (χ1n) is 4.36. The molecule has 14 heavy (non-hydrogen) atoms. The van der Waals surface area contributed by atoms with Gasteiger partial charge < -0.3 is 15.2 Å². The number of nitrogens with zero attached hydrogens (tertiary/aromatic N) is 1. The average molecular weight is 211 g/mol. The van der Waals surface area contributed by atoms with E-state index in [9.17, 15) is 8.76 Å². The molecule has 0 aliphatic carbocycles. The van der Waals surface area contributed by atoms with E-state index in [4.69, 9.17) is 5.73 Å². The Morgan fingerprint density at radius 2 is 2.36 bits per heavy atom. The summed E-state index contributed by atoms with van der Waals surface area (Å²) in [7, 11) is 0. The molecule has 1 heterocycles. The minimum Gasteiger partial charge on any atom is -0.771 e. The zero-order chi connectivity index (χ0) is 10.1. The van der Waals surface area contributed by atoms with Crippen molar-refractivity contribution in [2.24, 2.45) is 0 Å². The molecule has 0 fully saturated rings. The van der Waals surface area contributed by atoms with Crippen molar-refractivity contribution < 1.29 is 8.76 Å². The van der Waals surface area contributed by atoms with Gasteiger partial charge >= 0.3 is 0 Å². The van der Waals surface area contributed by atoms with Crippen molar-refractivity contribution in [1.82, 2.24) is 0 Å². The highest BCUT2D eigenvalue weighted by Crippen LogP contribution is 2.29. The molecule has 0 aromatic heterocycles. The van der Waals surface area contributed by atoms with Gasteiger partial charge in [-0.15, -0.1) is 0 Å². The van der Waals surface area contributed by atoms with E-state index in [1.165, 1.54) is 0 Å². The molecule has 0 amide bonds. The summed E-state index contributed by atoms with van der Waals surface area (Å²) in [4.78, 5) is 1.85. The molecule has 0 bridgehead atoms. The van der Waals surface area contributed by atoms with Gasteiger partial charge in [0.05, 0.1) is 5.88 Å². The van der Waals surface area contributed by atoms with E-state index < -0.39 is 11.1 Å². The highest BCUT2D eigenvalue weighted by molar-refractivity contribution is 7.79. The van der Waals surface area contributed by atoms with Crippen molar-refractivity contribution in [2.75, 3.05) is 23.1 Å². The molecule has 1 aromatic rings. The van der Waals surface area contributed by atoms with Crippen LogP contribution >= 0.6 is 0 Å². The number of benzene rings is 1. The van der Waals surface area contributed by atoms with E-state index in [-0.39, 0.29) is 5.88 Å². The summed E-state index contributed by atoms with van der Waals surface area (Å²) in [5, 5.41) is 0. The van der Waals surface area contributed by atoms with Crippen LogP contribution in [0.4, 0.5) is 11.4 Å². The van der Waals surface area contributed by atoms with E-state index >= 15 is 0 Å². The SMILES string of the molecule is Nc1ccc2c(c1)CCN2CS(=O)[O-]. The fraction of sp³-hybridized carbons (Fsp3) is 0.333. The molecule has 76 valence electrons. The lowest BCUT2D eigenvalue weighted by molar-refractivity contribution is 0.535. The summed E-state index contributed by atoms with van der Waals surface area (Å²) >= 11 is -2.02. The number of nitrogens with two attached hydrogens (primary N) is 1. The fourth-order valence-corrected chi connectivity index (χ4v) is 2.27. The van der Waals surface area contributed by atoms with Gasteiger partial charge in [-0.3, -0.25) is 4.21 Å². The van der Waals surface area contributed by atoms with Crippen LogP contribution in [0.25, 0.3) is 0 Å². The first-order valence-corrected chi connectivity index (χ1v) is 5.60. The van der Waals surface area contributed by atoms with Gasteiger partial charge in [0.2, 0.25) is 0 Å². The standard InChI is InChI=1S/C9H12N2O2S/c10-8-1-2-9-7(5-8)3-4-11(9)6-14(12)13/h1-2,5H,3-4,6,10H2,(H,12,13)/p-1. The molecule has 1 unspecified atom stereocenters. The molecular weight excluding hydrogens is 200 g/mol. The summed E-state index contributed by atoms with van der Waals surface area (Å²) in [6.07, 6.45) is 0.873. The number of hydrogen-bond acceptors (Lipinski definition) is 4. The maximum absolute atomic E-state index is 10.6. The lowest BCUT2D eigenvalue weighted by atomic mass is 10.1. The average Bonchev–Trinajstić information content (AvgIpc) is 2.47. The summed E-state index contributed by atoms with van der Waals surface area (Å²) in [6.45, 7) is 0.757. The normalized spacial score (nSPS) is 16.8. The molecule has 1 aliphatic rings. The van der Waals surface area contributed by atoms with E-state index in [1.807, 2.05) is 17.0 Å². The minimum absolute atomic E-state index is 0.0664. The molecule has 0 spiro atoms. The van der Waals surface area contributed by atoms with Crippen molar-refractivity contribution >= 4 is 22.5 Å². The highest BCUT2D eigenvalue weighted by atomic mass is 32.2. The van der Waals surface area contributed by atoms with Gasteiger partial charge in [0.25, 0.3) is 0 Å². The lowest BCUT2D eigenvalue weighted by Crippen LogP contribution is -2.24. The summed E-state index contributed by atoms with van der Waals surface area (Å²) in [5.74, 6) is 0.0664. The van der Waals surface area contributed by atoms with Crippen molar-refractivity contribution in [3.05, 3.63) is 23.8 Å². The zero-order valence-electron chi connectivity index (χ0n) is 7.60. The van der Waals surface area contributed by atoms with Crippen molar-refractivity contribution in [1.29, 1.82) is 0 Å². The Kier molecular flexibility index (Phi) is 2.43.